The summed E-state index contributed by atoms with van der Waals surface area (Å²) in [5.41, 5.74) is 9.24. The van der Waals surface area contributed by atoms with Crippen molar-refractivity contribution < 1.29 is 54.3 Å². The van der Waals surface area contributed by atoms with E-state index in [1.54, 1.807) is 0 Å². The summed E-state index contributed by atoms with van der Waals surface area (Å²) in [5, 5.41) is 0.000000000000000222. The number of hydrogen-bond acceptors (Lipinski definition) is 1. The molecule has 0 aliphatic rings. The molecule has 0 unspecified atom stereocenters. The van der Waals surface area contributed by atoms with Crippen LogP contribution in [0.3, 0.4) is 0 Å². The molecule has 8 heavy (non-hydrogen) atoms. The molecule has 0 aliphatic carbocycles. The molecule has 0 rings (SSSR count). The fourth-order valence-electron chi connectivity index (χ4n) is 0. The Labute approximate surface area is 82.8 Å². The van der Waals surface area contributed by atoms with Gasteiger partial charge in [-0.05, 0) is 12.2 Å². The molecule has 0 spiro atoms. The molecule has 0 heterocycles. The molecule has 2 nitrogen and oxygen atoms in total. The number of thiocarbonyl (C=S) groups is 1. The fourth-order valence-corrected chi connectivity index (χ4v) is 0. The Kier molecular flexibility index (Phi) is 108. The first-order chi connectivity index (χ1) is 1.73. The summed E-state index contributed by atoms with van der Waals surface area (Å²) in [5.74, 6) is 0. The standard InChI is InChI=1S/CH4N2S.3ClH.Fe/c2-1(3)4;;;;/h(H4,2,3,4);3*1H;/q;;;;+3/p-3. The normalized spacial score (nSPS) is 3.00. The van der Waals surface area contributed by atoms with Gasteiger partial charge >= 0.3 is 17.1 Å². The number of halogens is 3. The molecule has 0 aromatic rings. The van der Waals surface area contributed by atoms with Crippen molar-refractivity contribution in [2.75, 3.05) is 0 Å². The zero-order chi connectivity index (χ0) is 3.58. The van der Waals surface area contributed by atoms with Gasteiger partial charge in [-0.3, -0.25) is 0 Å². The van der Waals surface area contributed by atoms with Crippen molar-refractivity contribution in [3.05, 3.63) is 0 Å². The Morgan fingerprint density at radius 3 is 1.00 bits per heavy atom. The van der Waals surface area contributed by atoms with Crippen LogP contribution in [0.15, 0.2) is 0 Å². The topological polar surface area (TPSA) is 52.0 Å². The van der Waals surface area contributed by atoms with Crippen LogP contribution in [0.1, 0.15) is 0 Å². The van der Waals surface area contributed by atoms with Crippen LogP contribution in [0, 0.1) is 0 Å². The van der Waals surface area contributed by atoms with E-state index in [1.165, 1.54) is 0 Å². The minimum atomic E-state index is 0. The van der Waals surface area contributed by atoms with Gasteiger partial charge in [0.05, 0.1) is 0 Å². The van der Waals surface area contributed by atoms with E-state index in [-0.39, 0.29) is 59.4 Å². The zero-order valence-corrected chi connectivity index (χ0v) is 7.74. The third-order valence-electron chi connectivity index (χ3n) is 0. The third-order valence-corrected chi connectivity index (χ3v) is 0. The van der Waals surface area contributed by atoms with Crippen molar-refractivity contribution in [2.24, 2.45) is 11.5 Å². The molecular formula is CH4Cl3FeN2S. The summed E-state index contributed by atoms with van der Waals surface area (Å²) in [7, 11) is 0. The van der Waals surface area contributed by atoms with E-state index in [2.05, 4.69) is 23.7 Å². The SMILES string of the molecule is NC(N)=S.[Cl-].[Cl-].[Cl-].[Fe+3]. The van der Waals surface area contributed by atoms with E-state index in [1.807, 2.05) is 0 Å². The van der Waals surface area contributed by atoms with Crippen LogP contribution in [0.5, 0.6) is 0 Å². The van der Waals surface area contributed by atoms with Crippen molar-refractivity contribution in [1.29, 1.82) is 0 Å². The molecule has 0 fully saturated rings. The maximum atomic E-state index is 4.62. The van der Waals surface area contributed by atoms with Gasteiger partial charge in [0, 0.05) is 0 Å². The maximum absolute atomic E-state index is 4.62. The predicted molar refractivity (Wildman–Crippen MR) is 21.0 cm³/mol. The van der Waals surface area contributed by atoms with Gasteiger partial charge in [-0.15, -0.1) is 0 Å². The van der Waals surface area contributed by atoms with Gasteiger partial charge in [-0.25, -0.2) is 0 Å². The Balaban J connectivity index is -0.00000000750. The van der Waals surface area contributed by atoms with Crippen molar-refractivity contribution in [1.82, 2.24) is 0 Å². The first-order valence-electron chi connectivity index (χ1n) is 0.781. The number of rotatable bonds is 0. The van der Waals surface area contributed by atoms with E-state index in [4.69, 9.17) is 0 Å². The molecule has 0 saturated carbocycles. The Morgan fingerprint density at radius 2 is 1.00 bits per heavy atom. The van der Waals surface area contributed by atoms with Crippen molar-refractivity contribution >= 4 is 17.3 Å². The Morgan fingerprint density at radius 1 is 1.00 bits per heavy atom. The van der Waals surface area contributed by atoms with Crippen LogP contribution in [0.25, 0.3) is 0 Å². The molecule has 0 aliphatic heterocycles. The summed E-state index contributed by atoms with van der Waals surface area (Å²) < 4.78 is 0. The van der Waals surface area contributed by atoms with Gasteiger partial charge in [0.15, 0.2) is 5.11 Å². The first-order valence-corrected chi connectivity index (χ1v) is 1.19. The molecule has 0 atom stereocenters. The Hall–Kier alpha value is 1.08. The smallest absolute Gasteiger partial charge is 1.00 e. The van der Waals surface area contributed by atoms with Crippen LogP contribution in [0.4, 0.5) is 0 Å². The minimum Gasteiger partial charge on any atom is -1.00 e. The third kappa shape index (κ3) is 225. The first kappa shape index (κ1) is 35.6. The average molecular weight is 238 g/mol. The molecule has 4 N–H and O–H groups in total. The van der Waals surface area contributed by atoms with Crippen LogP contribution >= 0.6 is 12.2 Å². The van der Waals surface area contributed by atoms with Gasteiger partial charge in [-0.1, -0.05) is 0 Å². The van der Waals surface area contributed by atoms with E-state index in [0.717, 1.165) is 0 Å². The molecule has 0 aromatic heterocycles. The van der Waals surface area contributed by atoms with Crippen molar-refractivity contribution in [3.63, 3.8) is 0 Å². The average Bonchev–Trinajstić information content (AvgIpc) is 0.811. The molecule has 0 bridgehead atoms. The van der Waals surface area contributed by atoms with Crippen LogP contribution in [0.2, 0.25) is 0 Å². The van der Waals surface area contributed by atoms with Gasteiger partial charge in [-0.2, -0.15) is 0 Å². The molecule has 0 aromatic carbocycles. The summed E-state index contributed by atoms with van der Waals surface area (Å²) in [4.78, 5) is 0. The summed E-state index contributed by atoms with van der Waals surface area (Å²) in [6.45, 7) is 0. The molecule has 0 amide bonds. The van der Waals surface area contributed by atoms with Gasteiger partial charge in [0.2, 0.25) is 0 Å². The van der Waals surface area contributed by atoms with Gasteiger partial charge in [0.1, 0.15) is 0 Å². The molecule has 1 radical (unpaired) electrons. The van der Waals surface area contributed by atoms with E-state index < -0.39 is 0 Å². The van der Waals surface area contributed by atoms with Crippen LogP contribution < -0.4 is 48.7 Å². The summed E-state index contributed by atoms with van der Waals surface area (Å²) >= 11 is 4.09. The molecule has 0 saturated heterocycles. The van der Waals surface area contributed by atoms with E-state index >= 15 is 0 Å². The predicted octanol–water partition coefficient (Wildman–Crippen LogP) is -9.80. The van der Waals surface area contributed by atoms with Crippen LogP contribution in [-0.4, -0.2) is 5.11 Å². The second-order valence-electron chi connectivity index (χ2n) is 0.402. The number of nitrogens with two attached hydrogens (primary N) is 2. The zero-order valence-electron chi connectivity index (χ0n) is 3.55. The minimum absolute atomic E-state index is 0. The largest absolute Gasteiger partial charge is 3.00 e. The molecule has 53 valence electrons. The quantitative estimate of drug-likeness (QED) is 0.325. The summed E-state index contributed by atoms with van der Waals surface area (Å²) in [6, 6.07) is 0. The second-order valence-corrected chi connectivity index (χ2v) is 0.874. The Bertz CT molecular complexity index is 40.3. The van der Waals surface area contributed by atoms with E-state index in [9.17, 15) is 0 Å². The maximum Gasteiger partial charge on any atom is 3.00 e. The van der Waals surface area contributed by atoms with Gasteiger partial charge in [0.25, 0.3) is 0 Å². The summed E-state index contributed by atoms with van der Waals surface area (Å²) in [6.07, 6.45) is 0. The van der Waals surface area contributed by atoms with Crippen molar-refractivity contribution in [2.45, 2.75) is 0 Å². The molecular weight excluding hydrogens is 234 g/mol. The van der Waals surface area contributed by atoms with Crippen molar-refractivity contribution in [3.8, 4) is 0 Å². The second kappa shape index (κ2) is 24.3. The fraction of sp³-hybridized carbons (Fsp3) is 0. The molecule has 7 heteroatoms. The van der Waals surface area contributed by atoms with Crippen LogP contribution in [-0.2, 0) is 17.1 Å². The van der Waals surface area contributed by atoms with E-state index in [0.29, 0.717) is 0 Å². The van der Waals surface area contributed by atoms with Gasteiger partial charge < -0.3 is 48.7 Å². The number of hydrogen-bond donors (Lipinski definition) is 2. The monoisotopic (exact) mass is 237 g/mol.